The Balaban J connectivity index is 1.44. The van der Waals surface area contributed by atoms with Crippen molar-refractivity contribution in [2.45, 2.75) is 45.3 Å². The first-order chi connectivity index (χ1) is 17.3. The Morgan fingerprint density at radius 2 is 2.03 bits per heavy atom. The molecule has 0 saturated heterocycles. The summed E-state index contributed by atoms with van der Waals surface area (Å²) in [6.07, 6.45) is 4.96. The molecule has 2 aromatic heterocycles. The van der Waals surface area contributed by atoms with E-state index in [0.29, 0.717) is 46.8 Å². The topological polar surface area (TPSA) is 159 Å². The van der Waals surface area contributed by atoms with Gasteiger partial charge < -0.3 is 30.1 Å². The number of aliphatic carboxylic acids is 1. The number of aromatic nitrogens is 3. The third kappa shape index (κ3) is 5.68. The molecule has 2 fully saturated rings. The van der Waals surface area contributed by atoms with Crippen LogP contribution in [-0.4, -0.2) is 57.9 Å². The molecule has 5 N–H and O–H groups in total. The van der Waals surface area contributed by atoms with Crippen LogP contribution in [0.5, 0.6) is 11.8 Å². The fourth-order valence-corrected chi connectivity index (χ4v) is 5.27. The van der Waals surface area contributed by atoms with Crippen molar-refractivity contribution in [3.05, 3.63) is 47.2 Å². The van der Waals surface area contributed by atoms with Crippen molar-refractivity contribution in [2.24, 2.45) is 29.3 Å². The molecule has 194 valence electrons. The van der Waals surface area contributed by atoms with Gasteiger partial charge in [0.25, 0.3) is 0 Å². The van der Waals surface area contributed by atoms with Crippen LogP contribution in [0.4, 0.5) is 0 Å². The molecule has 4 atom stereocenters. The van der Waals surface area contributed by atoms with E-state index in [-0.39, 0.29) is 30.6 Å². The fraction of sp³-hybridized carbons (Fsp3) is 0.520. The number of methoxy groups -OCH3 is 1. The van der Waals surface area contributed by atoms with E-state index in [1.54, 1.807) is 32.5 Å². The lowest BCUT2D eigenvalue weighted by Crippen LogP contribution is -2.31. The Bertz CT molecular complexity index is 1120. The first-order valence-corrected chi connectivity index (χ1v) is 12.0. The molecular weight excluding hydrogens is 464 g/mol. The maximum atomic E-state index is 11.5. The van der Waals surface area contributed by atoms with Gasteiger partial charge in [-0.2, -0.15) is 4.98 Å². The van der Waals surface area contributed by atoms with Crippen LogP contribution in [-0.2, 0) is 16.1 Å². The molecule has 0 aliphatic heterocycles. The number of nitrogens with zero attached hydrogens (tertiary/aromatic N) is 4. The second-order valence-electron chi connectivity index (χ2n) is 9.46. The standard InChI is InChI=1S/C25H34N6O5/c1-14-22(36-17-10-15-4-5-18(24(32)33)19(15)11-17)7-6-20(29-14)23(26)21(31(2)27)13-35-25-28-9-8-16(30-25)12-34-3/h6-9,15,17-19H,4-5,10-13,26-27H2,1-3H3,(H,32,33)/b23-21-. The summed E-state index contributed by atoms with van der Waals surface area (Å²) in [4.78, 5) is 24.6. The highest BCUT2D eigenvalue weighted by molar-refractivity contribution is 5.71. The van der Waals surface area contributed by atoms with Crippen molar-refractivity contribution in [3.8, 4) is 11.8 Å². The van der Waals surface area contributed by atoms with Gasteiger partial charge in [0.15, 0.2) is 0 Å². The summed E-state index contributed by atoms with van der Waals surface area (Å²) in [6.45, 7) is 2.25. The van der Waals surface area contributed by atoms with Gasteiger partial charge in [0, 0.05) is 20.4 Å². The Morgan fingerprint density at radius 3 is 2.72 bits per heavy atom. The number of nitrogens with two attached hydrogens (primary N) is 2. The van der Waals surface area contributed by atoms with Crippen LogP contribution in [0.25, 0.3) is 5.70 Å². The minimum atomic E-state index is -0.688. The predicted molar refractivity (Wildman–Crippen MR) is 131 cm³/mol. The van der Waals surface area contributed by atoms with Gasteiger partial charge in [0.2, 0.25) is 0 Å². The summed E-state index contributed by atoms with van der Waals surface area (Å²) in [6, 6.07) is 5.57. The average molecular weight is 499 g/mol. The molecule has 0 amide bonds. The smallest absolute Gasteiger partial charge is 0.317 e. The van der Waals surface area contributed by atoms with Gasteiger partial charge in [0.05, 0.1) is 47.1 Å². The Labute approximate surface area is 210 Å². The zero-order valence-electron chi connectivity index (χ0n) is 20.9. The lowest BCUT2D eigenvalue weighted by molar-refractivity contribution is -0.143. The number of likely N-dealkylation sites (N-methyl/N-ethyl adjacent to an activating group) is 1. The molecule has 2 aliphatic rings. The SMILES string of the molecule is COCc1ccnc(OC/C(=C(/N)c2ccc(OC3CC4CCC(C(=O)O)C4C3)c(C)n2)N(C)N)n1. The van der Waals surface area contributed by atoms with Crippen LogP contribution >= 0.6 is 0 Å². The second kappa shape index (κ2) is 11.1. The Kier molecular flexibility index (Phi) is 7.90. The molecule has 11 nitrogen and oxygen atoms in total. The van der Waals surface area contributed by atoms with E-state index < -0.39 is 5.97 Å². The Hall–Kier alpha value is -3.44. The van der Waals surface area contributed by atoms with Gasteiger partial charge in [0.1, 0.15) is 12.4 Å². The molecule has 11 heteroatoms. The molecule has 0 spiro atoms. The van der Waals surface area contributed by atoms with Crippen molar-refractivity contribution in [2.75, 3.05) is 20.8 Å². The summed E-state index contributed by atoms with van der Waals surface area (Å²) < 4.78 is 17.1. The highest BCUT2D eigenvalue weighted by Crippen LogP contribution is 2.48. The Morgan fingerprint density at radius 1 is 1.22 bits per heavy atom. The molecule has 2 saturated carbocycles. The number of pyridine rings is 1. The summed E-state index contributed by atoms with van der Waals surface area (Å²) in [7, 11) is 3.26. The van der Waals surface area contributed by atoms with Crippen molar-refractivity contribution >= 4 is 11.7 Å². The maximum absolute atomic E-state index is 11.5. The van der Waals surface area contributed by atoms with E-state index >= 15 is 0 Å². The molecule has 4 rings (SSSR count). The van der Waals surface area contributed by atoms with E-state index in [0.717, 1.165) is 25.7 Å². The number of hydrogen-bond donors (Lipinski definition) is 3. The first-order valence-electron chi connectivity index (χ1n) is 12.0. The summed E-state index contributed by atoms with van der Waals surface area (Å²) in [5, 5.41) is 10.9. The van der Waals surface area contributed by atoms with Crippen LogP contribution in [0.1, 0.15) is 42.8 Å². The van der Waals surface area contributed by atoms with E-state index in [2.05, 4.69) is 15.0 Å². The van der Waals surface area contributed by atoms with Crippen LogP contribution in [0, 0.1) is 24.7 Å². The molecule has 4 unspecified atom stereocenters. The van der Waals surface area contributed by atoms with Gasteiger partial charge >= 0.3 is 12.0 Å². The first kappa shape index (κ1) is 25.6. The second-order valence-corrected chi connectivity index (χ2v) is 9.46. The van der Waals surface area contributed by atoms with Crippen molar-refractivity contribution in [1.29, 1.82) is 0 Å². The highest BCUT2D eigenvalue weighted by Gasteiger charge is 2.47. The molecule has 0 radical (unpaired) electrons. The quantitative estimate of drug-likeness (QED) is 0.325. The van der Waals surface area contributed by atoms with E-state index in [9.17, 15) is 9.90 Å². The summed E-state index contributed by atoms with van der Waals surface area (Å²) in [5.41, 5.74) is 9.23. The maximum Gasteiger partial charge on any atom is 0.317 e. The number of ether oxygens (including phenoxy) is 3. The summed E-state index contributed by atoms with van der Waals surface area (Å²) >= 11 is 0. The molecule has 2 aliphatic carbocycles. The lowest BCUT2D eigenvalue weighted by Gasteiger charge is -2.20. The monoisotopic (exact) mass is 498 g/mol. The minimum absolute atomic E-state index is 0.00519. The molecular formula is C25H34N6O5. The fourth-order valence-electron chi connectivity index (χ4n) is 5.27. The number of rotatable bonds is 10. The third-order valence-electron chi connectivity index (χ3n) is 7.05. The zero-order chi connectivity index (χ0) is 25.8. The van der Waals surface area contributed by atoms with Crippen molar-refractivity contribution in [1.82, 2.24) is 20.0 Å². The van der Waals surface area contributed by atoms with E-state index in [4.69, 9.17) is 25.8 Å². The van der Waals surface area contributed by atoms with Crippen molar-refractivity contribution < 1.29 is 24.1 Å². The molecule has 2 aromatic rings. The average Bonchev–Trinajstić information content (AvgIpc) is 3.41. The number of fused-ring (bicyclic) bond motifs is 1. The normalized spacial score (nSPS) is 23.7. The minimum Gasteiger partial charge on any atom is -0.489 e. The predicted octanol–water partition coefficient (Wildman–Crippen LogP) is 2.11. The molecule has 0 aromatic carbocycles. The summed E-state index contributed by atoms with van der Waals surface area (Å²) in [5.74, 6) is 6.38. The van der Waals surface area contributed by atoms with Crippen molar-refractivity contribution in [3.63, 3.8) is 0 Å². The van der Waals surface area contributed by atoms with Crippen LogP contribution in [0.2, 0.25) is 0 Å². The third-order valence-corrected chi connectivity index (χ3v) is 7.05. The van der Waals surface area contributed by atoms with Gasteiger partial charge in [-0.05, 0) is 62.6 Å². The molecule has 36 heavy (non-hydrogen) atoms. The number of carboxylic acids is 1. The van der Waals surface area contributed by atoms with Gasteiger partial charge in [-0.15, -0.1) is 0 Å². The molecule has 0 bridgehead atoms. The zero-order valence-corrected chi connectivity index (χ0v) is 20.9. The van der Waals surface area contributed by atoms with E-state index in [1.165, 1.54) is 5.01 Å². The van der Waals surface area contributed by atoms with Crippen LogP contribution in [0.15, 0.2) is 30.1 Å². The number of carboxylic acid groups (broad SMARTS) is 1. The van der Waals surface area contributed by atoms with E-state index in [1.807, 2.05) is 13.0 Å². The van der Waals surface area contributed by atoms with Crippen LogP contribution < -0.4 is 21.1 Å². The number of carbonyl (C=O) groups is 1. The lowest BCUT2D eigenvalue weighted by atomic mass is 9.92. The number of hydrazine groups is 1. The highest BCUT2D eigenvalue weighted by atomic mass is 16.5. The van der Waals surface area contributed by atoms with Gasteiger partial charge in [-0.3, -0.25) is 4.79 Å². The number of hydrogen-bond acceptors (Lipinski definition) is 10. The van der Waals surface area contributed by atoms with Gasteiger partial charge in [-0.1, -0.05) is 0 Å². The van der Waals surface area contributed by atoms with Crippen LogP contribution in [0.3, 0.4) is 0 Å². The molecule has 2 heterocycles. The van der Waals surface area contributed by atoms with Gasteiger partial charge in [-0.25, -0.2) is 15.8 Å². The number of aryl methyl sites for hydroxylation is 1. The largest absolute Gasteiger partial charge is 0.489 e.